The largest absolute Gasteiger partial charge is 0.472 e. The fourth-order valence-corrected chi connectivity index (χ4v) is 13.8. The number of hydrogen-bond acceptors (Lipinski definition) is 14. The van der Waals surface area contributed by atoms with Crippen LogP contribution in [0.15, 0.2) is 219 Å². The maximum atomic E-state index is 13.1. The molecule has 686 valence electrons. The fourth-order valence-electron chi connectivity index (χ4n) is 12.2. The Balaban J connectivity index is 4.69. The van der Waals surface area contributed by atoms with E-state index >= 15 is 0 Å². The van der Waals surface area contributed by atoms with Gasteiger partial charge in [-0.25, -0.2) is 9.13 Å². The molecule has 0 radical (unpaired) electrons. The van der Waals surface area contributed by atoms with Crippen molar-refractivity contribution in [2.24, 2.45) is 0 Å². The summed E-state index contributed by atoms with van der Waals surface area (Å²) < 4.78 is 61.5. The zero-order valence-electron chi connectivity index (χ0n) is 75.6. The van der Waals surface area contributed by atoms with Crippen LogP contribution in [0.25, 0.3) is 0 Å². The number of carbonyl (C=O) groups excluding carboxylic acids is 3. The number of carbonyl (C=O) groups is 3. The average Bonchev–Trinajstić information content (AvgIpc) is 0.908. The SMILES string of the molecule is CC/C=C\C/C=C\C/C=C\C/C=C\C/C=C\C/C=C\CCCCCCCCCCCCCCC(=O)OCC(O)COP(=O)(O)OCC(O)COP(=O)(O)OCC(COC(=O)CCCCCCCCCC/C=C\C/C=C\C/C=C\C/C=C\C/C=C\C/C=C\CC)OC(=O)CCCCCCCCCC/C=C\C/C=C\C/C=C\C/C=C\C/C=C\C/C=C\CC. The van der Waals surface area contributed by atoms with Gasteiger partial charge >= 0.3 is 33.6 Å². The molecule has 0 aromatic rings. The van der Waals surface area contributed by atoms with E-state index in [1.807, 2.05) is 0 Å². The fraction of sp³-hybridized carbons (Fsp3) is 0.621. The van der Waals surface area contributed by atoms with Crippen LogP contribution in [0, 0.1) is 0 Å². The molecule has 0 saturated heterocycles. The van der Waals surface area contributed by atoms with E-state index in [0.29, 0.717) is 19.3 Å². The van der Waals surface area contributed by atoms with Gasteiger partial charge in [-0.3, -0.25) is 32.5 Å². The van der Waals surface area contributed by atoms with Gasteiger partial charge in [0.15, 0.2) is 6.10 Å². The first-order valence-electron chi connectivity index (χ1n) is 47.0. The Hall–Kier alpha value is -6.13. The molecule has 0 bridgehead atoms. The molecule has 0 aliphatic heterocycles. The zero-order chi connectivity index (χ0) is 87.9. The Morgan fingerprint density at radius 2 is 0.413 bits per heavy atom. The van der Waals surface area contributed by atoms with Gasteiger partial charge in [-0.15, -0.1) is 0 Å². The van der Waals surface area contributed by atoms with E-state index in [1.54, 1.807) is 0 Å². The molecular formula is C103H168O16P2. The Morgan fingerprint density at radius 1 is 0.231 bits per heavy atom. The van der Waals surface area contributed by atoms with Crippen molar-refractivity contribution in [2.75, 3.05) is 39.6 Å². The Bertz CT molecular complexity index is 3080. The van der Waals surface area contributed by atoms with Crippen LogP contribution in [0.4, 0.5) is 0 Å². The minimum absolute atomic E-state index is 0.0838. The number of allylic oxidation sites excluding steroid dienone is 36. The van der Waals surface area contributed by atoms with E-state index in [4.69, 9.17) is 32.3 Å². The topological polar surface area (TPSA) is 231 Å². The summed E-state index contributed by atoms with van der Waals surface area (Å²) in [6.45, 7) is 2.34. The molecule has 16 nitrogen and oxygen atoms in total. The lowest BCUT2D eigenvalue weighted by Crippen LogP contribution is -2.30. The number of ether oxygens (including phenoxy) is 3. The maximum Gasteiger partial charge on any atom is 0.472 e. The highest BCUT2D eigenvalue weighted by Gasteiger charge is 2.29. The summed E-state index contributed by atoms with van der Waals surface area (Å²) in [4.78, 5) is 59.1. The molecule has 4 N–H and O–H groups in total. The van der Waals surface area contributed by atoms with Crippen LogP contribution in [0.1, 0.15) is 355 Å². The highest BCUT2D eigenvalue weighted by Crippen LogP contribution is 2.45. The van der Waals surface area contributed by atoms with E-state index < -0.39 is 91.5 Å². The van der Waals surface area contributed by atoms with E-state index in [2.05, 4.69) is 240 Å². The molecule has 0 aliphatic carbocycles. The molecule has 0 aromatic heterocycles. The third-order valence-electron chi connectivity index (χ3n) is 19.2. The molecule has 5 unspecified atom stereocenters. The van der Waals surface area contributed by atoms with Crippen molar-refractivity contribution in [2.45, 2.75) is 373 Å². The van der Waals surface area contributed by atoms with Gasteiger partial charge in [-0.2, -0.15) is 0 Å². The number of hydrogen-bond donors (Lipinski definition) is 4. The number of rotatable bonds is 87. The first-order chi connectivity index (χ1) is 59.2. The highest BCUT2D eigenvalue weighted by molar-refractivity contribution is 7.47. The predicted molar refractivity (Wildman–Crippen MR) is 509 cm³/mol. The normalized spacial score (nSPS) is 14.7. The van der Waals surface area contributed by atoms with Crippen molar-refractivity contribution in [3.63, 3.8) is 0 Å². The second-order valence-corrected chi connectivity index (χ2v) is 33.6. The third-order valence-corrected chi connectivity index (χ3v) is 21.1. The Morgan fingerprint density at radius 3 is 0.653 bits per heavy atom. The molecule has 18 heteroatoms. The minimum Gasteiger partial charge on any atom is -0.463 e. The van der Waals surface area contributed by atoms with Gasteiger partial charge in [0.2, 0.25) is 0 Å². The summed E-state index contributed by atoms with van der Waals surface area (Å²) in [5.74, 6) is -1.60. The zero-order valence-corrected chi connectivity index (χ0v) is 77.4. The number of aliphatic hydroxyl groups excluding tert-OH is 2. The first-order valence-corrected chi connectivity index (χ1v) is 50.0. The highest BCUT2D eigenvalue weighted by atomic mass is 31.2. The van der Waals surface area contributed by atoms with E-state index in [1.165, 1.54) is 57.8 Å². The van der Waals surface area contributed by atoms with Crippen LogP contribution in [0.3, 0.4) is 0 Å². The van der Waals surface area contributed by atoms with Gasteiger partial charge in [-0.05, 0) is 173 Å². The molecule has 0 heterocycles. The molecule has 0 saturated carbocycles. The smallest absolute Gasteiger partial charge is 0.463 e. The average molecular weight is 1720 g/mol. The quantitative estimate of drug-likeness (QED) is 0.0146. The molecular weight excluding hydrogens is 1560 g/mol. The van der Waals surface area contributed by atoms with Crippen LogP contribution < -0.4 is 0 Å². The summed E-state index contributed by atoms with van der Waals surface area (Å²) in [6.07, 6.45) is 127. The summed E-state index contributed by atoms with van der Waals surface area (Å²) in [5.41, 5.74) is 0. The van der Waals surface area contributed by atoms with Gasteiger partial charge in [0.05, 0.1) is 26.4 Å². The van der Waals surface area contributed by atoms with Crippen molar-refractivity contribution < 1.29 is 75.8 Å². The molecule has 0 aliphatic rings. The van der Waals surface area contributed by atoms with Crippen molar-refractivity contribution in [1.29, 1.82) is 0 Å². The molecule has 0 spiro atoms. The van der Waals surface area contributed by atoms with Crippen LogP contribution in [0.5, 0.6) is 0 Å². The number of phosphoric ester groups is 2. The van der Waals surface area contributed by atoms with Crippen molar-refractivity contribution in [3.05, 3.63) is 219 Å². The lowest BCUT2D eigenvalue weighted by molar-refractivity contribution is -0.161. The lowest BCUT2D eigenvalue weighted by Gasteiger charge is -2.21. The summed E-state index contributed by atoms with van der Waals surface area (Å²) in [6, 6.07) is 0. The van der Waals surface area contributed by atoms with Crippen LogP contribution in [0.2, 0.25) is 0 Å². The van der Waals surface area contributed by atoms with E-state index in [9.17, 15) is 43.5 Å². The summed E-state index contributed by atoms with van der Waals surface area (Å²) in [5, 5.41) is 20.8. The first kappa shape index (κ1) is 115. The lowest BCUT2D eigenvalue weighted by atomic mass is 10.0. The monoisotopic (exact) mass is 1720 g/mol. The second-order valence-electron chi connectivity index (χ2n) is 30.7. The summed E-state index contributed by atoms with van der Waals surface area (Å²) in [7, 11) is -9.83. The van der Waals surface area contributed by atoms with Gasteiger partial charge in [-0.1, -0.05) is 381 Å². The molecule has 0 amide bonds. The number of esters is 3. The molecule has 0 fully saturated rings. The van der Waals surface area contributed by atoms with Crippen LogP contribution in [-0.2, 0) is 55.8 Å². The number of unbranched alkanes of at least 4 members (excludes halogenated alkanes) is 28. The molecule has 121 heavy (non-hydrogen) atoms. The Labute approximate surface area is 736 Å². The Kier molecular flexibility index (Phi) is 88.3. The predicted octanol–water partition coefficient (Wildman–Crippen LogP) is 29.3. The van der Waals surface area contributed by atoms with Gasteiger partial charge in [0.25, 0.3) is 0 Å². The van der Waals surface area contributed by atoms with Crippen LogP contribution >= 0.6 is 15.6 Å². The van der Waals surface area contributed by atoms with Crippen molar-refractivity contribution in [1.82, 2.24) is 0 Å². The maximum absolute atomic E-state index is 13.1. The summed E-state index contributed by atoms with van der Waals surface area (Å²) >= 11 is 0. The van der Waals surface area contributed by atoms with Crippen molar-refractivity contribution >= 4 is 33.6 Å². The van der Waals surface area contributed by atoms with Crippen molar-refractivity contribution in [3.8, 4) is 0 Å². The standard InChI is InChI=1S/C103H168O16P2/c1-4-7-10-13-16-19-22-25-28-31-34-37-40-43-46-47-48-49-52-54-56-59-62-65-68-71-74-77-80-83-86-89-101(106)113-92-98(104)93-115-120(109,110)116-94-99(105)95-117-121(111,112)118-97-100(119-103(108)91-88-85-82-79-76-73-70-67-64-61-58-55-51-45-42-39-36-33-30-27-24-21-18-15-12-9-6-3)96-114-102(107)90-87-84-81-78-75-72-69-66-63-60-57-53-50-44-41-38-35-32-29-26-23-20-17-14-11-8-5-2/h7-12,16-21,25-30,34-39,43-46,48-51,57-58,60-61,98-100,104-105H,4-6,13-15,22-24,31-33,40-42,47,52-56,59,62-97H2,1-3H3,(H,109,110)(H,111,112)/b10-7-,11-8-,12-9-,19-16-,20-17-,21-18-,28-25-,29-26-,30-27-,37-34-,38-35-,39-36-,46-43-,49-48-,50-44-,51-45-,60-57-,61-58-. The molecule has 0 rings (SSSR count). The van der Waals surface area contributed by atoms with Gasteiger partial charge < -0.3 is 34.2 Å². The third kappa shape index (κ3) is 94.4. The van der Waals surface area contributed by atoms with Crippen LogP contribution in [-0.4, -0.2) is 95.9 Å². The minimum atomic E-state index is -4.96. The van der Waals surface area contributed by atoms with E-state index in [-0.39, 0.29) is 19.3 Å². The van der Waals surface area contributed by atoms with Gasteiger partial charge in [0, 0.05) is 19.3 Å². The second kappa shape index (κ2) is 93.0. The number of phosphoric acid groups is 2. The molecule has 0 aromatic carbocycles. The van der Waals surface area contributed by atoms with E-state index in [0.717, 1.165) is 238 Å². The van der Waals surface area contributed by atoms with Gasteiger partial charge in [0.1, 0.15) is 25.4 Å². The molecule has 5 atom stereocenters. The number of aliphatic hydroxyl groups is 2.